The molecule has 0 aliphatic carbocycles. The van der Waals surface area contributed by atoms with E-state index in [1.807, 2.05) is 26.0 Å². The average Bonchev–Trinajstić information content (AvgIpc) is 2.38. The van der Waals surface area contributed by atoms with Crippen LogP contribution in [-0.4, -0.2) is 24.9 Å². The summed E-state index contributed by atoms with van der Waals surface area (Å²) in [5.41, 5.74) is 1.24. The van der Waals surface area contributed by atoms with Gasteiger partial charge in [0.2, 0.25) is 0 Å². The largest absolute Gasteiger partial charge is 0.494 e. The zero-order valence-electron chi connectivity index (χ0n) is 11.1. The molecule has 0 aromatic heterocycles. The van der Waals surface area contributed by atoms with Gasteiger partial charge in [-0.2, -0.15) is 11.8 Å². The Kier molecular flexibility index (Phi) is 6.65. The minimum absolute atomic E-state index is 0.151. The van der Waals surface area contributed by atoms with E-state index in [-0.39, 0.29) is 11.2 Å². The fourth-order valence-electron chi connectivity index (χ4n) is 1.46. The highest BCUT2D eigenvalue weighted by molar-refractivity contribution is 7.99. The first kappa shape index (κ1) is 14.9. The van der Waals surface area contributed by atoms with E-state index in [1.54, 1.807) is 11.8 Å². The lowest BCUT2D eigenvalue weighted by molar-refractivity contribution is -0.140. The monoisotopic (exact) mass is 268 g/mol. The van der Waals surface area contributed by atoms with Gasteiger partial charge in [0.25, 0.3) is 0 Å². The van der Waals surface area contributed by atoms with Crippen LogP contribution in [0.2, 0.25) is 0 Å². The summed E-state index contributed by atoms with van der Waals surface area (Å²) in [6.45, 7) is 4.69. The molecule has 18 heavy (non-hydrogen) atoms. The smallest absolute Gasteiger partial charge is 0.306 e. The molecule has 0 amide bonds. The molecule has 0 spiro atoms. The van der Waals surface area contributed by atoms with Gasteiger partial charge < -0.3 is 9.47 Å². The van der Waals surface area contributed by atoms with Crippen molar-refractivity contribution >= 4 is 17.7 Å². The van der Waals surface area contributed by atoms with Crippen LogP contribution in [0, 0.1) is 0 Å². The number of carbonyl (C=O) groups is 1. The van der Waals surface area contributed by atoms with Gasteiger partial charge >= 0.3 is 5.97 Å². The standard InChI is InChI=1S/C14H20O3S/c1-4-17-13-7-5-12(6-8-13)10-18-11(2)9-14(15)16-3/h5-8,11H,4,9-10H2,1-3H3. The highest BCUT2D eigenvalue weighted by atomic mass is 32.2. The first-order valence-corrected chi connectivity index (χ1v) is 7.10. The fraction of sp³-hybridized carbons (Fsp3) is 0.500. The van der Waals surface area contributed by atoms with Crippen LogP contribution in [-0.2, 0) is 15.3 Å². The molecule has 1 atom stereocenters. The van der Waals surface area contributed by atoms with Crippen LogP contribution in [0.1, 0.15) is 25.8 Å². The molecule has 0 aliphatic rings. The molecule has 4 heteroatoms. The number of rotatable bonds is 7. The molecule has 0 saturated heterocycles. The van der Waals surface area contributed by atoms with Crippen molar-refractivity contribution in [3.63, 3.8) is 0 Å². The maximum absolute atomic E-state index is 11.1. The summed E-state index contributed by atoms with van der Waals surface area (Å²) in [4.78, 5) is 11.1. The Hall–Kier alpha value is -1.16. The molecule has 1 aromatic rings. The summed E-state index contributed by atoms with van der Waals surface area (Å²) in [6, 6.07) is 8.07. The van der Waals surface area contributed by atoms with Crippen molar-refractivity contribution in [1.29, 1.82) is 0 Å². The van der Waals surface area contributed by atoms with Crippen molar-refractivity contribution in [3.8, 4) is 5.75 Å². The van der Waals surface area contributed by atoms with Crippen molar-refractivity contribution in [2.45, 2.75) is 31.3 Å². The van der Waals surface area contributed by atoms with Crippen LogP contribution in [0.4, 0.5) is 0 Å². The van der Waals surface area contributed by atoms with E-state index in [0.29, 0.717) is 13.0 Å². The van der Waals surface area contributed by atoms with Crippen molar-refractivity contribution in [2.24, 2.45) is 0 Å². The summed E-state index contributed by atoms with van der Waals surface area (Å²) >= 11 is 1.75. The van der Waals surface area contributed by atoms with Gasteiger partial charge in [-0.3, -0.25) is 4.79 Å². The second-order valence-corrected chi connectivity index (χ2v) is 5.41. The number of methoxy groups -OCH3 is 1. The van der Waals surface area contributed by atoms with Crippen LogP contribution >= 0.6 is 11.8 Å². The minimum atomic E-state index is -0.151. The first-order chi connectivity index (χ1) is 8.65. The van der Waals surface area contributed by atoms with Crippen molar-refractivity contribution in [2.75, 3.05) is 13.7 Å². The molecule has 0 fully saturated rings. The normalized spacial score (nSPS) is 11.9. The number of thioether (sulfide) groups is 1. The van der Waals surface area contributed by atoms with Gasteiger partial charge in [0.1, 0.15) is 5.75 Å². The number of hydrogen-bond acceptors (Lipinski definition) is 4. The quantitative estimate of drug-likeness (QED) is 0.711. The van der Waals surface area contributed by atoms with E-state index < -0.39 is 0 Å². The topological polar surface area (TPSA) is 35.5 Å². The molecule has 100 valence electrons. The number of benzene rings is 1. The average molecular weight is 268 g/mol. The Morgan fingerprint density at radius 3 is 2.56 bits per heavy atom. The van der Waals surface area contributed by atoms with Gasteiger partial charge in [-0.05, 0) is 24.6 Å². The first-order valence-electron chi connectivity index (χ1n) is 6.05. The summed E-state index contributed by atoms with van der Waals surface area (Å²) in [5.74, 6) is 1.64. The molecular weight excluding hydrogens is 248 g/mol. The lowest BCUT2D eigenvalue weighted by atomic mass is 10.2. The molecule has 0 radical (unpaired) electrons. The van der Waals surface area contributed by atoms with Crippen molar-refractivity contribution < 1.29 is 14.3 Å². The van der Waals surface area contributed by atoms with Gasteiger partial charge in [0.15, 0.2) is 0 Å². The van der Waals surface area contributed by atoms with Gasteiger partial charge in [0, 0.05) is 11.0 Å². The van der Waals surface area contributed by atoms with Gasteiger partial charge in [-0.25, -0.2) is 0 Å². The number of hydrogen-bond donors (Lipinski definition) is 0. The van der Waals surface area contributed by atoms with Crippen LogP contribution < -0.4 is 4.74 Å². The molecule has 0 N–H and O–H groups in total. The minimum Gasteiger partial charge on any atom is -0.494 e. The van der Waals surface area contributed by atoms with Crippen molar-refractivity contribution in [3.05, 3.63) is 29.8 Å². The number of ether oxygens (including phenoxy) is 2. The van der Waals surface area contributed by atoms with E-state index in [2.05, 4.69) is 16.9 Å². The second kappa shape index (κ2) is 8.03. The second-order valence-electron chi connectivity index (χ2n) is 3.98. The summed E-state index contributed by atoms with van der Waals surface area (Å²) in [7, 11) is 1.42. The summed E-state index contributed by atoms with van der Waals surface area (Å²) in [6.07, 6.45) is 0.457. The van der Waals surface area contributed by atoms with Gasteiger partial charge in [-0.1, -0.05) is 19.1 Å². The maximum Gasteiger partial charge on any atom is 0.306 e. The van der Waals surface area contributed by atoms with E-state index >= 15 is 0 Å². The van der Waals surface area contributed by atoms with Crippen LogP contribution in [0.15, 0.2) is 24.3 Å². The molecule has 1 unspecified atom stereocenters. The third-order valence-electron chi connectivity index (χ3n) is 2.45. The Balaban J connectivity index is 2.36. The van der Waals surface area contributed by atoms with Gasteiger partial charge in [0.05, 0.1) is 20.1 Å². The molecule has 0 aliphatic heterocycles. The van der Waals surface area contributed by atoms with E-state index in [9.17, 15) is 4.79 Å². The summed E-state index contributed by atoms with van der Waals surface area (Å²) in [5, 5.41) is 0.268. The molecular formula is C14H20O3S. The zero-order valence-corrected chi connectivity index (χ0v) is 12.0. The third kappa shape index (κ3) is 5.45. The lowest BCUT2D eigenvalue weighted by Crippen LogP contribution is -2.08. The van der Waals surface area contributed by atoms with E-state index in [0.717, 1.165) is 11.5 Å². The zero-order chi connectivity index (χ0) is 13.4. The molecule has 3 nitrogen and oxygen atoms in total. The third-order valence-corrected chi connectivity index (χ3v) is 3.69. The predicted octanol–water partition coefficient (Wildman–Crippen LogP) is 3.27. The molecule has 1 aromatic carbocycles. The van der Waals surface area contributed by atoms with Crippen LogP contribution in [0.3, 0.4) is 0 Å². The molecule has 1 rings (SSSR count). The highest BCUT2D eigenvalue weighted by Crippen LogP contribution is 2.22. The maximum atomic E-state index is 11.1. The Morgan fingerprint density at radius 1 is 1.33 bits per heavy atom. The van der Waals surface area contributed by atoms with Crippen molar-refractivity contribution in [1.82, 2.24) is 0 Å². The van der Waals surface area contributed by atoms with E-state index in [4.69, 9.17) is 4.74 Å². The van der Waals surface area contributed by atoms with E-state index in [1.165, 1.54) is 12.7 Å². The number of carbonyl (C=O) groups excluding carboxylic acids is 1. The Labute approximate surface area is 113 Å². The fourth-order valence-corrected chi connectivity index (χ4v) is 2.39. The van der Waals surface area contributed by atoms with Crippen LogP contribution in [0.25, 0.3) is 0 Å². The molecule has 0 bridgehead atoms. The Bertz CT molecular complexity index is 362. The lowest BCUT2D eigenvalue weighted by Gasteiger charge is -2.10. The number of esters is 1. The molecule has 0 saturated carbocycles. The molecule has 0 heterocycles. The Morgan fingerprint density at radius 2 is 2.00 bits per heavy atom. The van der Waals surface area contributed by atoms with Gasteiger partial charge in [-0.15, -0.1) is 0 Å². The summed E-state index contributed by atoms with van der Waals surface area (Å²) < 4.78 is 10.0. The highest BCUT2D eigenvalue weighted by Gasteiger charge is 2.09. The van der Waals surface area contributed by atoms with Crippen LogP contribution in [0.5, 0.6) is 5.75 Å². The predicted molar refractivity (Wildman–Crippen MR) is 75.0 cm³/mol. The SMILES string of the molecule is CCOc1ccc(CSC(C)CC(=O)OC)cc1.